The quantitative estimate of drug-likeness (QED) is 0.871. The van der Waals surface area contributed by atoms with Crippen molar-refractivity contribution in [2.75, 3.05) is 18.0 Å². The molecule has 0 radical (unpaired) electrons. The predicted octanol–water partition coefficient (Wildman–Crippen LogP) is 2.09. The minimum absolute atomic E-state index is 0.188. The number of carbonyl (C=O) groups is 1. The molecular weight excluding hydrogens is 216 g/mol. The van der Waals surface area contributed by atoms with Gasteiger partial charge in [0.2, 0.25) is 0 Å². The summed E-state index contributed by atoms with van der Waals surface area (Å²) < 4.78 is 5.12. The van der Waals surface area contributed by atoms with Crippen molar-refractivity contribution < 1.29 is 9.53 Å². The fraction of sp³-hybridized carbons (Fsp3) is 0.462. The van der Waals surface area contributed by atoms with E-state index in [0.29, 0.717) is 19.0 Å². The molecule has 1 heterocycles. The van der Waals surface area contributed by atoms with E-state index in [4.69, 9.17) is 10.5 Å². The van der Waals surface area contributed by atoms with Crippen LogP contribution in [0.1, 0.15) is 25.3 Å². The maximum absolute atomic E-state index is 11.6. The molecule has 0 aliphatic carbocycles. The van der Waals surface area contributed by atoms with Gasteiger partial charge in [-0.3, -0.25) is 4.90 Å². The van der Waals surface area contributed by atoms with Gasteiger partial charge in [0.1, 0.15) is 6.10 Å². The summed E-state index contributed by atoms with van der Waals surface area (Å²) in [5.74, 6) is 0.492. The van der Waals surface area contributed by atoms with Gasteiger partial charge in [-0.1, -0.05) is 26.0 Å². The molecule has 17 heavy (non-hydrogen) atoms. The summed E-state index contributed by atoms with van der Waals surface area (Å²) in [5, 5.41) is 0. The number of ether oxygens (including phenoxy) is 1. The summed E-state index contributed by atoms with van der Waals surface area (Å²) in [6, 6.07) is 8.00. The molecular formula is C13H18N2O2. The Morgan fingerprint density at radius 2 is 2.06 bits per heavy atom. The minimum atomic E-state index is -0.308. The zero-order chi connectivity index (χ0) is 12.4. The zero-order valence-corrected chi connectivity index (χ0v) is 10.2. The van der Waals surface area contributed by atoms with E-state index in [1.54, 1.807) is 4.90 Å². The second-order valence-electron chi connectivity index (χ2n) is 4.60. The maximum Gasteiger partial charge on any atom is 0.414 e. The molecule has 2 rings (SSSR count). The predicted molar refractivity (Wildman–Crippen MR) is 67.2 cm³/mol. The molecule has 0 aromatic heterocycles. The Bertz CT molecular complexity index is 400. The van der Waals surface area contributed by atoms with E-state index in [-0.39, 0.29) is 12.2 Å². The Balaban J connectivity index is 2.15. The fourth-order valence-corrected chi connectivity index (χ4v) is 1.89. The van der Waals surface area contributed by atoms with Gasteiger partial charge in [0.25, 0.3) is 0 Å². The van der Waals surface area contributed by atoms with Crippen LogP contribution in [0.4, 0.5) is 10.5 Å². The second kappa shape index (κ2) is 4.75. The van der Waals surface area contributed by atoms with Gasteiger partial charge in [-0.25, -0.2) is 4.79 Å². The molecule has 0 unspecified atom stereocenters. The van der Waals surface area contributed by atoms with Crippen molar-refractivity contribution in [2.24, 2.45) is 5.73 Å². The lowest BCUT2D eigenvalue weighted by Gasteiger charge is -2.14. The van der Waals surface area contributed by atoms with E-state index in [2.05, 4.69) is 13.8 Å². The molecule has 1 aromatic carbocycles. The Hall–Kier alpha value is -1.55. The van der Waals surface area contributed by atoms with Crippen LogP contribution in [-0.2, 0) is 4.74 Å². The summed E-state index contributed by atoms with van der Waals surface area (Å²) in [5.41, 5.74) is 7.63. The zero-order valence-electron chi connectivity index (χ0n) is 10.2. The number of nitrogens with two attached hydrogens (primary N) is 1. The highest BCUT2D eigenvalue weighted by molar-refractivity contribution is 5.89. The molecule has 0 spiro atoms. The normalized spacial score (nSPS) is 19.9. The van der Waals surface area contributed by atoms with Crippen molar-refractivity contribution in [1.29, 1.82) is 0 Å². The highest BCUT2D eigenvalue weighted by Crippen LogP contribution is 2.23. The number of hydrogen-bond donors (Lipinski definition) is 1. The average Bonchev–Trinajstić information content (AvgIpc) is 2.71. The number of rotatable bonds is 3. The highest BCUT2D eigenvalue weighted by atomic mass is 16.6. The van der Waals surface area contributed by atoms with Gasteiger partial charge in [0, 0.05) is 12.2 Å². The molecule has 0 saturated carbocycles. The summed E-state index contributed by atoms with van der Waals surface area (Å²) >= 11 is 0. The van der Waals surface area contributed by atoms with Crippen LogP contribution in [0.2, 0.25) is 0 Å². The number of benzene rings is 1. The van der Waals surface area contributed by atoms with Crippen LogP contribution in [0.25, 0.3) is 0 Å². The minimum Gasteiger partial charge on any atom is -0.443 e. The van der Waals surface area contributed by atoms with Crippen molar-refractivity contribution >= 4 is 11.8 Å². The van der Waals surface area contributed by atoms with Crippen LogP contribution in [-0.4, -0.2) is 25.3 Å². The number of nitrogens with zero attached hydrogens (tertiary/aromatic N) is 1. The van der Waals surface area contributed by atoms with E-state index in [1.807, 2.05) is 24.3 Å². The SMILES string of the molecule is CC(C)c1ccc(N2C[C@@H](CN)OC2=O)cc1. The molecule has 1 aliphatic heterocycles. The Morgan fingerprint density at radius 3 is 2.53 bits per heavy atom. The largest absolute Gasteiger partial charge is 0.443 e. The lowest BCUT2D eigenvalue weighted by Crippen LogP contribution is -2.27. The Morgan fingerprint density at radius 1 is 1.41 bits per heavy atom. The van der Waals surface area contributed by atoms with Gasteiger partial charge in [0.15, 0.2) is 0 Å². The van der Waals surface area contributed by atoms with E-state index in [1.165, 1.54) is 5.56 Å². The molecule has 92 valence electrons. The summed E-state index contributed by atoms with van der Waals surface area (Å²) in [6.45, 7) is 5.19. The van der Waals surface area contributed by atoms with E-state index < -0.39 is 0 Å². The van der Waals surface area contributed by atoms with Gasteiger partial charge < -0.3 is 10.5 Å². The monoisotopic (exact) mass is 234 g/mol. The number of amides is 1. The first-order valence-corrected chi connectivity index (χ1v) is 5.90. The summed E-state index contributed by atoms with van der Waals surface area (Å²) in [4.78, 5) is 13.2. The first-order valence-electron chi connectivity index (χ1n) is 5.90. The van der Waals surface area contributed by atoms with Crippen molar-refractivity contribution in [3.8, 4) is 0 Å². The van der Waals surface area contributed by atoms with Gasteiger partial charge >= 0.3 is 6.09 Å². The van der Waals surface area contributed by atoms with Crippen LogP contribution in [0, 0.1) is 0 Å². The van der Waals surface area contributed by atoms with Crippen LogP contribution in [0.15, 0.2) is 24.3 Å². The van der Waals surface area contributed by atoms with E-state index >= 15 is 0 Å². The smallest absolute Gasteiger partial charge is 0.414 e. The molecule has 1 atom stereocenters. The van der Waals surface area contributed by atoms with Crippen molar-refractivity contribution in [1.82, 2.24) is 0 Å². The Kier molecular flexibility index (Phi) is 3.33. The van der Waals surface area contributed by atoms with Crippen molar-refractivity contribution in [3.63, 3.8) is 0 Å². The van der Waals surface area contributed by atoms with Crippen LogP contribution in [0.3, 0.4) is 0 Å². The molecule has 4 heteroatoms. The van der Waals surface area contributed by atoms with Crippen LogP contribution in [0.5, 0.6) is 0 Å². The third-order valence-electron chi connectivity index (χ3n) is 3.01. The van der Waals surface area contributed by atoms with Crippen LogP contribution < -0.4 is 10.6 Å². The third kappa shape index (κ3) is 2.42. The summed E-state index contributed by atoms with van der Waals surface area (Å²) in [6.07, 6.45) is -0.495. The van der Waals surface area contributed by atoms with E-state index in [0.717, 1.165) is 5.69 Å². The standard InChI is InChI=1S/C13H18N2O2/c1-9(2)10-3-5-11(6-4-10)15-8-12(7-14)17-13(15)16/h3-6,9,12H,7-8,14H2,1-2H3/t12-/m1/s1. The average molecular weight is 234 g/mol. The van der Waals surface area contributed by atoms with E-state index in [9.17, 15) is 4.79 Å². The van der Waals surface area contributed by atoms with Crippen LogP contribution >= 0.6 is 0 Å². The van der Waals surface area contributed by atoms with Gasteiger partial charge in [-0.15, -0.1) is 0 Å². The number of hydrogen-bond acceptors (Lipinski definition) is 3. The molecule has 0 bridgehead atoms. The fourth-order valence-electron chi connectivity index (χ4n) is 1.89. The van der Waals surface area contributed by atoms with Gasteiger partial charge in [-0.05, 0) is 23.6 Å². The van der Waals surface area contributed by atoms with Gasteiger partial charge in [-0.2, -0.15) is 0 Å². The number of cyclic esters (lactones) is 1. The topological polar surface area (TPSA) is 55.6 Å². The highest BCUT2D eigenvalue weighted by Gasteiger charge is 2.31. The van der Waals surface area contributed by atoms with Gasteiger partial charge in [0.05, 0.1) is 6.54 Å². The lowest BCUT2D eigenvalue weighted by atomic mass is 10.0. The first-order chi connectivity index (χ1) is 8.11. The number of anilines is 1. The third-order valence-corrected chi connectivity index (χ3v) is 3.01. The summed E-state index contributed by atoms with van der Waals surface area (Å²) in [7, 11) is 0. The first kappa shape index (κ1) is 11.9. The maximum atomic E-state index is 11.6. The molecule has 4 nitrogen and oxygen atoms in total. The molecule has 1 aliphatic rings. The lowest BCUT2D eigenvalue weighted by molar-refractivity contribution is 0.145. The number of carbonyl (C=O) groups excluding carboxylic acids is 1. The molecule has 1 saturated heterocycles. The molecule has 2 N–H and O–H groups in total. The van der Waals surface area contributed by atoms with Crippen molar-refractivity contribution in [2.45, 2.75) is 25.9 Å². The molecule has 1 fully saturated rings. The Labute approximate surface area is 101 Å². The molecule has 1 aromatic rings. The second-order valence-corrected chi connectivity index (χ2v) is 4.60. The molecule has 1 amide bonds. The van der Waals surface area contributed by atoms with Crippen molar-refractivity contribution in [3.05, 3.63) is 29.8 Å².